The molecule has 1 aromatic rings. The van der Waals surface area contributed by atoms with Gasteiger partial charge < -0.3 is 10.2 Å². The Kier molecular flexibility index (Phi) is 3.73. The number of aliphatic carboxylic acids is 1. The molecule has 0 aromatic carbocycles. The quantitative estimate of drug-likeness (QED) is 0.761. The van der Waals surface area contributed by atoms with Crippen LogP contribution in [0.4, 0.5) is 0 Å². The van der Waals surface area contributed by atoms with E-state index in [-0.39, 0.29) is 12.5 Å². The monoisotopic (exact) mass is 239 g/mol. The molecule has 94 valence electrons. The number of hydrogen-bond acceptors (Lipinski definition) is 4. The predicted molar refractivity (Wildman–Crippen MR) is 59.5 cm³/mol. The van der Waals surface area contributed by atoms with Gasteiger partial charge in [0.25, 0.3) is 0 Å². The van der Waals surface area contributed by atoms with Crippen molar-refractivity contribution in [2.45, 2.75) is 50.7 Å². The van der Waals surface area contributed by atoms with Crippen LogP contribution in [0.25, 0.3) is 0 Å². The van der Waals surface area contributed by atoms with Crippen LogP contribution in [0.2, 0.25) is 0 Å². The van der Waals surface area contributed by atoms with E-state index in [0.29, 0.717) is 5.69 Å². The molecule has 1 aliphatic carbocycles. The van der Waals surface area contributed by atoms with E-state index in [1.54, 1.807) is 10.9 Å². The van der Waals surface area contributed by atoms with Gasteiger partial charge in [-0.25, -0.2) is 4.68 Å². The first-order chi connectivity index (χ1) is 8.16. The molecule has 0 amide bonds. The van der Waals surface area contributed by atoms with Gasteiger partial charge in [-0.1, -0.05) is 24.5 Å². The normalized spacial score (nSPS) is 25.5. The van der Waals surface area contributed by atoms with E-state index in [2.05, 4.69) is 10.3 Å². The molecule has 0 spiro atoms. The lowest BCUT2D eigenvalue weighted by Crippen LogP contribution is -2.23. The van der Waals surface area contributed by atoms with E-state index in [9.17, 15) is 9.90 Å². The third kappa shape index (κ3) is 3.03. The Morgan fingerprint density at radius 3 is 2.94 bits per heavy atom. The first-order valence-corrected chi connectivity index (χ1v) is 5.97. The fourth-order valence-corrected chi connectivity index (χ4v) is 2.29. The van der Waals surface area contributed by atoms with Gasteiger partial charge in [0, 0.05) is 6.20 Å². The Morgan fingerprint density at radius 2 is 2.18 bits per heavy atom. The van der Waals surface area contributed by atoms with Gasteiger partial charge in [-0.3, -0.25) is 4.79 Å². The Morgan fingerprint density at radius 1 is 1.41 bits per heavy atom. The van der Waals surface area contributed by atoms with Crippen molar-refractivity contribution in [3.63, 3.8) is 0 Å². The molecule has 0 aliphatic heterocycles. The fraction of sp³-hybridized carbons (Fsp3) is 0.727. The molecule has 1 aliphatic rings. The minimum Gasteiger partial charge on any atom is -0.481 e. The van der Waals surface area contributed by atoms with Gasteiger partial charge in [0.15, 0.2) is 0 Å². The van der Waals surface area contributed by atoms with Gasteiger partial charge in [0.2, 0.25) is 0 Å². The standard InChI is InChI=1S/C11H17N3O3/c15-10-5-3-1-2-4-9(10)14-7-8(12-13-14)6-11(16)17/h7,9-10,15H,1-6H2,(H,16,17). The van der Waals surface area contributed by atoms with E-state index in [1.165, 1.54) is 0 Å². The first-order valence-electron chi connectivity index (χ1n) is 5.97. The lowest BCUT2D eigenvalue weighted by atomic mass is 10.1. The molecule has 2 N–H and O–H groups in total. The number of nitrogens with zero attached hydrogens (tertiary/aromatic N) is 3. The third-order valence-electron chi connectivity index (χ3n) is 3.17. The number of aliphatic hydroxyl groups excluding tert-OH is 1. The molecule has 2 unspecified atom stereocenters. The van der Waals surface area contributed by atoms with E-state index in [0.717, 1.165) is 32.1 Å². The lowest BCUT2D eigenvalue weighted by molar-refractivity contribution is -0.136. The van der Waals surface area contributed by atoms with Crippen molar-refractivity contribution in [3.8, 4) is 0 Å². The molecular formula is C11H17N3O3. The van der Waals surface area contributed by atoms with Crippen molar-refractivity contribution in [2.75, 3.05) is 0 Å². The van der Waals surface area contributed by atoms with E-state index < -0.39 is 12.1 Å². The Hall–Kier alpha value is -1.43. The highest BCUT2D eigenvalue weighted by atomic mass is 16.4. The first kappa shape index (κ1) is 12.0. The average molecular weight is 239 g/mol. The SMILES string of the molecule is O=C(O)Cc1cn(C2CCCCCC2O)nn1. The molecule has 1 heterocycles. The van der Waals surface area contributed by atoms with E-state index >= 15 is 0 Å². The summed E-state index contributed by atoms with van der Waals surface area (Å²) in [7, 11) is 0. The number of rotatable bonds is 3. The number of aliphatic hydroxyl groups is 1. The summed E-state index contributed by atoms with van der Waals surface area (Å²) >= 11 is 0. The van der Waals surface area contributed by atoms with Gasteiger partial charge >= 0.3 is 5.97 Å². The van der Waals surface area contributed by atoms with Gasteiger partial charge in [-0.05, 0) is 12.8 Å². The molecular weight excluding hydrogens is 222 g/mol. The molecule has 0 bridgehead atoms. The van der Waals surface area contributed by atoms with Gasteiger partial charge in [0.05, 0.1) is 24.3 Å². The largest absolute Gasteiger partial charge is 0.481 e. The van der Waals surface area contributed by atoms with Gasteiger partial charge in [-0.15, -0.1) is 5.10 Å². The van der Waals surface area contributed by atoms with Gasteiger partial charge in [0.1, 0.15) is 0 Å². The molecule has 2 rings (SSSR count). The number of hydrogen-bond donors (Lipinski definition) is 2. The molecule has 6 nitrogen and oxygen atoms in total. The molecule has 17 heavy (non-hydrogen) atoms. The average Bonchev–Trinajstić information content (AvgIpc) is 2.59. The molecule has 0 saturated heterocycles. The minimum absolute atomic E-state index is 0.0625. The zero-order chi connectivity index (χ0) is 12.3. The van der Waals surface area contributed by atoms with Crippen molar-refractivity contribution >= 4 is 5.97 Å². The Labute approximate surface area is 99.3 Å². The topological polar surface area (TPSA) is 88.2 Å². The summed E-state index contributed by atoms with van der Waals surface area (Å²) in [6.07, 6.45) is 5.98. The zero-order valence-corrected chi connectivity index (χ0v) is 9.62. The van der Waals surface area contributed by atoms with Crippen LogP contribution >= 0.6 is 0 Å². The van der Waals surface area contributed by atoms with Crippen LogP contribution in [0.3, 0.4) is 0 Å². The maximum atomic E-state index is 10.5. The van der Waals surface area contributed by atoms with Crippen LogP contribution in [0.15, 0.2) is 6.20 Å². The summed E-state index contributed by atoms with van der Waals surface area (Å²) in [4.78, 5) is 10.5. The van der Waals surface area contributed by atoms with Crippen molar-refractivity contribution in [1.82, 2.24) is 15.0 Å². The van der Waals surface area contributed by atoms with Crippen LogP contribution in [0.5, 0.6) is 0 Å². The highest BCUT2D eigenvalue weighted by Gasteiger charge is 2.24. The van der Waals surface area contributed by atoms with Crippen LogP contribution in [-0.4, -0.2) is 37.3 Å². The Balaban J connectivity index is 2.09. The Bertz CT molecular complexity index is 391. The van der Waals surface area contributed by atoms with Crippen molar-refractivity contribution < 1.29 is 15.0 Å². The number of carboxylic acid groups (broad SMARTS) is 1. The van der Waals surface area contributed by atoms with Crippen molar-refractivity contribution in [2.24, 2.45) is 0 Å². The maximum absolute atomic E-state index is 10.5. The third-order valence-corrected chi connectivity index (χ3v) is 3.17. The highest BCUT2D eigenvalue weighted by Crippen LogP contribution is 2.26. The smallest absolute Gasteiger partial charge is 0.309 e. The van der Waals surface area contributed by atoms with Crippen LogP contribution < -0.4 is 0 Å². The molecule has 1 aromatic heterocycles. The second-order valence-electron chi connectivity index (χ2n) is 4.53. The molecule has 1 saturated carbocycles. The molecule has 2 atom stereocenters. The number of carboxylic acids is 1. The zero-order valence-electron chi connectivity index (χ0n) is 9.62. The second-order valence-corrected chi connectivity index (χ2v) is 4.53. The van der Waals surface area contributed by atoms with E-state index in [4.69, 9.17) is 5.11 Å². The molecule has 1 fully saturated rings. The van der Waals surface area contributed by atoms with Crippen molar-refractivity contribution in [1.29, 1.82) is 0 Å². The second kappa shape index (κ2) is 5.27. The molecule has 6 heteroatoms. The van der Waals surface area contributed by atoms with Crippen LogP contribution in [0, 0.1) is 0 Å². The highest BCUT2D eigenvalue weighted by molar-refractivity contribution is 5.69. The van der Waals surface area contributed by atoms with Crippen LogP contribution in [-0.2, 0) is 11.2 Å². The summed E-state index contributed by atoms with van der Waals surface area (Å²) < 4.78 is 1.62. The van der Waals surface area contributed by atoms with Gasteiger partial charge in [-0.2, -0.15) is 0 Å². The number of carbonyl (C=O) groups is 1. The summed E-state index contributed by atoms with van der Waals surface area (Å²) in [5.74, 6) is -0.918. The number of aromatic nitrogens is 3. The molecule has 0 radical (unpaired) electrons. The maximum Gasteiger partial charge on any atom is 0.309 e. The van der Waals surface area contributed by atoms with E-state index in [1.807, 2.05) is 0 Å². The summed E-state index contributed by atoms with van der Waals surface area (Å²) in [5.41, 5.74) is 0.439. The summed E-state index contributed by atoms with van der Waals surface area (Å²) in [6.45, 7) is 0. The summed E-state index contributed by atoms with van der Waals surface area (Å²) in [5, 5.41) is 26.4. The minimum atomic E-state index is -0.918. The fourth-order valence-electron chi connectivity index (χ4n) is 2.29. The lowest BCUT2D eigenvalue weighted by Gasteiger charge is -2.19. The summed E-state index contributed by atoms with van der Waals surface area (Å²) in [6, 6.07) is -0.0625. The predicted octanol–water partition coefficient (Wildman–Crippen LogP) is 0.771. The van der Waals surface area contributed by atoms with Crippen molar-refractivity contribution in [3.05, 3.63) is 11.9 Å². The van der Waals surface area contributed by atoms with Crippen LogP contribution in [0.1, 0.15) is 43.8 Å².